The second kappa shape index (κ2) is 5.93. The van der Waals surface area contributed by atoms with Gasteiger partial charge in [-0.2, -0.15) is 4.98 Å². The third kappa shape index (κ3) is 2.64. The van der Waals surface area contributed by atoms with E-state index in [-0.39, 0.29) is 18.5 Å². The maximum absolute atomic E-state index is 12.6. The van der Waals surface area contributed by atoms with Gasteiger partial charge < -0.3 is 9.47 Å². The van der Waals surface area contributed by atoms with Crippen LogP contribution < -0.4 is 15.2 Å². The number of rotatable bonds is 2. The number of hydrogen-bond acceptors (Lipinski definition) is 4. The molecule has 0 spiro atoms. The average molecular weight is 377 g/mol. The largest absolute Gasteiger partial charge is 0.454 e. The molecular formula is C18H14Cl2N2O3. The van der Waals surface area contributed by atoms with E-state index in [1.54, 1.807) is 22.8 Å². The van der Waals surface area contributed by atoms with E-state index in [4.69, 9.17) is 32.7 Å². The van der Waals surface area contributed by atoms with Crippen LogP contribution in [0.15, 0.2) is 35.1 Å². The van der Waals surface area contributed by atoms with Crippen LogP contribution in [-0.4, -0.2) is 16.3 Å². The van der Waals surface area contributed by atoms with Gasteiger partial charge in [0.2, 0.25) is 6.79 Å². The van der Waals surface area contributed by atoms with E-state index >= 15 is 0 Å². The van der Waals surface area contributed by atoms with E-state index in [0.717, 1.165) is 10.9 Å². The van der Waals surface area contributed by atoms with Gasteiger partial charge in [-0.15, -0.1) is 0 Å². The van der Waals surface area contributed by atoms with Crippen molar-refractivity contribution in [3.05, 3.63) is 50.9 Å². The minimum Gasteiger partial charge on any atom is -0.454 e. The molecule has 0 N–H and O–H groups in total. The van der Waals surface area contributed by atoms with Crippen LogP contribution in [0, 0.1) is 0 Å². The lowest BCUT2D eigenvalue weighted by atomic mass is 10.1. The highest BCUT2D eigenvalue weighted by atomic mass is 35.5. The molecule has 0 bridgehead atoms. The van der Waals surface area contributed by atoms with Crippen LogP contribution in [0.1, 0.15) is 19.9 Å². The van der Waals surface area contributed by atoms with E-state index in [0.29, 0.717) is 32.8 Å². The average Bonchev–Trinajstić information content (AvgIpc) is 3.01. The summed E-state index contributed by atoms with van der Waals surface area (Å²) in [5.41, 5.74) is 1.66. The number of nitrogens with zero attached hydrogens (tertiary/aromatic N) is 2. The van der Waals surface area contributed by atoms with Crippen molar-refractivity contribution in [2.45, 2.75) is 19.9 Å². The van der Waals surface area contributed by atoms with Gasteiger partial charge in [0.05, 0.1) is 21.3 Å². The van der Waals surface area contributed by atoms with Gasteiger partial charge in [-0.05, 0) is 32.0 Å². The zero-order chi connectivity index (χ0) is 17.7. The minimum absolute atomic E-state index is 0.0503. The van der Waals surface area contributed by atoms with Crippen LogP contribution in [0.3, 0.4) is 0 Å². The van der Waals surface area contributed by atoms with Crippen molar-refractivity contribution in [1.29, 1.82) is 0 Å². The zero-order valence-corrected chi connectivity index (χ0v) is 15.1. The molecule has 1 aromatic heterocycles. The molecule has 128 valence electrons. The molecule has 0 fully saturated rings. The van der Waals surface area contributed by atoms with E-state index in [2.05, 4.69) is 4.98 Å². The second-order valence-corrected chi connectivity index (χ2v) is 6.87. The number of hydrogen-bond donors (Lipinski definition) is 0. The second-order valence-electron chi connectivity index (χ2n) is 6.06. The fraction of sp³-hybridized carbons (Fsp3) is 0.222. The van der Waals surface area contributed by atoms with Crippen LogP contribution in [-0.2, 0) is 0 Å². The Balaban J connectivity index is 2.09. The van der Waals surface area contributed by atoms with Gasteiger partial charge in [0.25, 0.3) is 0 Å². The topological polar surface area (TPSA) is 53.4 Å². The minimum atomic E-state index is -0.331. The molecule has 0 saturated carbocycles. The first-order valence-electron chi connectivity index (χ1n) is 7.77. The Morgan fingerprint density at radius 3 is 2.48 bits per heavy atom. The lowest BCUT2D eigenvalue weighted by molar-refractivity contribution is 0.174. The van der Waals surface area contributed by atoms with Gasteiger partial charge in [0.15, 0.2) is 11.5 Å². The maximum Gasteiger partial charge on any atom is 0.348 e. The van der Waals surface area contributed by atoms with Crippen LogP contribution >= 0.6 is 23.2 Å². The summed E-state index contributed by atoms with van der Waals surface area (Å²) < 4.78 is 12.6. The summed E-state index contributed by atoms with van der Waals surface area (Å²) >= 11 is 12.1. The predicted molar refractivity (Wildman–Crippen MR) is 98.0 cm³/mol. The highest BCUT2D eigenvalue weighted by molar-refractivity contribution is 6.42. The smallest absolute Gasteiger partial charge is 0.348 e. The molecular weight excluding hydrogens is 363 g/mol. The zero-order valence-electron chi connectivity index (χ0n) is 13.5. The number of fused-ring (bicyclic) bond motifs is 2. The molecule has 0 aliphatic carbocycles. The Morgan fingerprint density at radius 2 is 1.80 bits per heavy atom. The highest BCUT2D eigenvalue weighted by Gasteiger charge is 2.21. The maximum atomic E-state index is 12.6. The van der Waals surface area contributed by atoms with Crippen molar-refractivity contribution in [3.8, 4) is 22.8 Å². The Bertz CT molecular complexity index is 1060. The molecule has 25 heavy (non-hydrogen) atoms. The predicted octanol–water partition coefficient (Wildman–Crippen LogP) is 4.68. The molecule has 5 nitrogen and oxygen atoms in total. The quantitative estimate of drug-likeness (QED) is 0.651. The first-order chi connectivity index (χ1) is 12.0. The SMILES string of the molecule is CC(C)n1c(=O)nc(-c2ccc(Cl)c(Cl)c2)c2cc3c(cc21)OCO3. The van der Waals surface area contributed by atoms with Crippen molar-refractivity contribution in [2.75, 3.05) is 6.79 Å². The first-order valence-corrected chi connectivity index (χ1v) is 8.52. The first kappa shape index (κ1) is 16.2. The third-order valence-corrected chi connectivity index (χ3v) is 4.87. The normalized spacial score (nSPS) is 13.0. The van der Waals surface area contributed by atoms with Gasteiger partial charge in [0, 0.05) is 23.1 Å². The van der Waals surface area contributed by atoms with Crippen LogP contribution in [0.4, 0.5) is 0 Å². The fourth-order valence-corrected chi connectivity index (χ4v) is 3.29. The molecule has 0 amide bonds. The van der Waals surface area contributed by atoms with Crippen molar-refractivity contribution >= 4 is 34.1 Å². The monoisotopic (exact) mass is 376 g/mol. The molecule has 2 aromatic carbocycles. The van der Waals surface area contributed by atoms with Crippen molar-refractivity contribution in [3.63, 3.8) is 0 Å². The fourth-order valence-electron chi connectivity index (χ4n) is 3.00. The van der Waals surface area contributed by atoms with Crippen LogP contribution in [0.2, 0.25) is 10.0 Å². The summed E-state index contributed by atoms with van der Waals surface area (Å²) in [6.07, 6.45) is 0. The van der Waals surface area contributed by atoms with Crippen molar-refractivity contribution in [1.82, 2.24) is 9.55 Å². The van der Waals surface area contributed by atoms with Crippen molar-refractivity contribution in [2.24, 2.45) is 0 Å². The molecule has 0 unspecified atom stereocenters. The van der Waals surface area contributed by atoms with E-state index in [1.807, 2.05) is 26.0 Å². The van der Waals surface area contributed by atoms with Gasteiger partial charge in [-0.1, -0.05) is 29.3 Å². The van der Waals surface area contributed by atoms with E-state index < -0.39 is 0 Å². The Hall–Kier alpha value is -2.24. The molecule has 4 rings (SSSR count). The summed E-state index contributed by atoms with van der Waals surface area (Å²) in [6.45, 7) is 4.03. The summed E-state index contributed by atoms with van der Waals surface area (Å²) in [5.74, 6) is 1.25. The summed E-state index contributed by atoms with van der Waals surface area (Å²) in [6, 6.07) is 8.80. The molecule has 0 radical (unpaired) electrons. The molecule has 2 heterocycles. The number of ether oxygens (including phenoxy) is 2. The highest BCUT2D eigenvalue weighted by Crippen LogP contribution is 2.39. The van der Waals surface area contributed by atoms with E-state index in [9.17, 15) is 4.79 Å². The summed E-state index contributed by atoms with van der Waals surface area (Å²) in [7, 11) is 0. The number of aromatic nitrogens is 2. The van der Waals surface area contributed by atoms with Crippen LogP contribution in [0.25, 0.3) is 22.2 Å². The van der Waals surface area contributed by atoms with Gasteiger partial charge in [0.1, 0.15) is 0 Å². The third-order valence-electron chi connectivity index (χ3n) is 4.13. The molecule has 1 aliphatic rings. The number of halogens is 2. The Labute approximate surface area is 153 Å². The standard InChI is InChI=1S/C18H14Cl2N2O3/c1-9(2)22-14-7-16-15(24-8-25-16)6-11(14)17(21-18(22)23)10-3-4-12(19)13(20)5-10/h3-7,9H,8H2,1-2H3. The van der Waals surface area contributed by atoms with Gasteiger partial charge in [-0.25, -0.2) is 4.79 Å². The molecule has 0 saturated heterocycles. The van der Waals surface area contributed by atoms with Crippen LogP contribution in [0.5, 0.6) is 11.5 Å². The molecule has 3 aromatic rings. The number of benzene rings is 2. The van der Waals surface area contributed by atoms with Gasteiger partial charge >= 0.3 is 5.69 Å². The van der Waals surface area contributed by atoms with Gasteiger partial charge in [-0.3, -0.25) is 4.57 Å². The summed E-state index contributed by atoms with van der Waals surface area (Å²) in [5, 5.41) is 1.64. The Kier molecular flexibility index (Phi) is 3.85. The van der Waals surface area contributed by atoms with E-state index in [1.165, 1.54) is 0 Å². The Morgan fingerprint density at radius 1 is 1.08 bits per heavy atom. The molecule has 7 heteroatoms. The summed E-state index contributed by atoms with van der Waals surface area (Å²) in [4.78, 5) is 16.9. The lowest BCUT2D eigenvalue weighted by Crippen LogP contribution is -2.25. The van der Waals surface area contributed by atoms with Crippen molar-refractivity contribution < 1.29 is 9.47 Å². The molecule has 0 atom stereocenters. The lowest BCUT2D eigenvalue weighted by Gasteiger charge is -2.16. The molecule has 1 aliphatic heterocycles.